The van der Waals surface area contributed by atoms with E-state index in [1.165, 1.54) is 12.0 Å². The summed E-state index contributed by atoms with van der Waals surface area (Å²) in [4.78, 5) is 29.6. The van der Waals surface area contributed by atoms with E-state index in [9.17, 15) is 14.7 Å². The Kier molecular flexibility index (Phi) is 5.46. The zero-order valence-corrected chi connectivity index (χ0v) is 14.8. The maximum atomic E-state index is 12.4. The van der Waals surface area contributed by atoms with Gasteiger partial charge >= 0.3 is 12.1 Å². The maximum Gasteiger partial charge on any atom is 0.411 e. The number of methoxy groups -OCH3 is 1. The summed E-state index contributed by atoms with van der Waals surface area (Å²) in [7, 11) is 1.25. The van der Waals surface area contributed by atoms with Crippen LogP contribution in [0.4, 0.5) is 4.79 Å². The van der Waals surface area contributed by atoms with E-state index < -0.39 is 17.7 Å². The highest BCUT2D eigenvalue weighted by molar-refractivity contribution is 5.84. The Balaban J connectivity index is 2.27. The molecule has 0 aliphatic heterocycles. The molecule has 0 bridgehead atoms. The fourth-order valence-corrected chi connectivity index (χ4v) is 2.19. The minimum atomic E-state index is -0.694. The molecule has 0 aliphatic carbocycles. The van der Waals surface area contributed by atoms with Crippen molar-refractivity contribution in [3.63, 3.8) is 0 Å². The van der Waals surface area contributed by atoms with Crippen LogP contribution in [0.25, 0.3) is 10.9 Å². The number of hydrogen-bond donors (Lipinski definition) is 1. The molecule has 1 aromatic carbocycles. The number of rotatable bonds is 4. The van der Waals surface area contributed by atoms with Crippen molar-refractivity contribution >= 4 is 23.0 Å². The lowest BCUT2D eigenvalue weighted by Gasteiger charge is -2.26. The summed E-state index contributed by atoms with van der Waals surface area (Å²) < 4.78 is 9.97. The summed E-state index contributed by atoms with van der Waals surface area (Å²) in [6.07, 6.45) is -0.642. The number of hydrogen-bond acceptors (Lipinski definition) is 6. The smallest absolute Gasteiger partial charge is 0.411 e. The highest BCUT2D eigenvalue weighted by Crippen LogP contribution is 2.23. The van der Waals surface area contributed by atoms with Crippen molar-refractivity contribution in [3.05, 3.63) is 36.0 Å². The predicted molar refractivity (Wildman–Crippen MR) is 92.1 cm³/mol. The van der Waals surface area contributed by atoms with Crippen LogP contribution in [0.3, 0.4) is 0 Å². The van der Waals surface area contributed by atoms with Crippen molar-refractivity contribution < 1.29 is 24.2 Å². The summed E-state index contributed by atoms with van der Waals surface area (Å²) in [5.41, 5.74) is 0.256. The van der Waals surface area contributed by atoms with Crippen LogP contribution < -0.4 is 0 Å². The van der Waals surface area contributed by atoms with Gasteiger partial charge in [0.25, 0.3) is 0 Å². The maximum absolute atomic E-state index is 12.4. The van der Waals surface area contributed by atoms with Crippen LogP contribution in [0.2, 0.25) is 0 Å². The Bertz CT molecular complexity index is 783. The van der Waals surface area contributed by atoms with Gasteiger partial charge in [0, 0.05) is 5.39 Å². The quantitative estimate of drug-likeness (QED) is 0.856. The predicted octanol–water partition coefficient (Wildman–Crippen LogP) is 2.85. The minimum Gasteiger partial charge on any atom is -0.506 e. The van der Waals surface area contributed by atoms with Gasteiger partial charge in [0.2, 0.25) is 0 Å². The molecule has 0 saturated carbocycles. The highest BCUT2D eigenvalue weighted by atomic mass is 16.6. The summed E-state index contributed by atoms with van der Waals surface area (Å²) in [6, 6.07) is 8.62. The van der Waals surface area contributed by atoms with Crippen molar-refractivity contribution in [1.29, 1.82) is 0 Å². The monoisotopic (exact) mass is 346 g/mol. The molecule has 1 N–H and O–H groups in total. The highest BCUT2D eigenvalue weighted by Gasteiger charge is 2.25. The molecule has 7 nitrogen and oxygen atoms in total. The van der Waals surface area contributed by atoms with Crippen molar-refractivity contribution in [2.45, 2.75) is 32.9 Å². The number of benzene rings is 1. The molecule has 0 saturated heterocycles. The number of phenols is 1. The SMILES string of the molecule is COC(=O)CN(Cc1ccc2cccc(O)c2n1)C(=O)OC(C)(C)C. The molecule has 0 atom stereocenters. The van der Waals surface area contributed by atoms with E-state index >= 15 is 0 Å². The lowest BCUT2D eigenvalue weighted by atomic mass is 10.2. The molecule has 0 unspecified atom stereocenters. The molecule has 7 heteroatoms. The molecule has 134 valence electrons. The molecule has 1 heterocycles. The lowest BCUT2D eigenvalue weighted by molar-refractivity contribution is -0.142. The molecule has 1 aromatic heterocycles. The Hall–Kier alpha value is -2.83. The van der Waals surface area contributed by atoms with Gasteiger partial charge in [0.1, 0.15) is 23.4 Å². The topological polar surface area (TPSA) is 89.0 Å². The number of aromatic hydroxyl groups is 1. The molecule has 2 rings (SSSR count). The second-order valence-electron chi connectivity index (χ2n) is 6.56. The fourth-order valence-electron chi connectivity index (χ4n) is 2.19. The first-order valence-electron chi connectivity index (χ1n) is 7.82. The zero-order valence-electron chi connectivity index (χ0n) is 14.8. The summed E-state index contributed by atoms with van der Waals surface area (Å²) in [5, 5.41) is 10.7. The first-order chi connectivity index (χ1) is 11.7. The number of aromatic nitrogens is 1. The van der Waals surface area contributed by atoms with Crippen LogP contribution in [0.1, 0.15) is 26.5 Å². The number of carbonyl (C=O) groups is 2. The van der Waals surface area contributed by atoms with E-state index in [2.05, 4.69) is 9.72 Å². The van der Waals surface area contributed by atoms with Crippen LogP contribution in [-0.2, 0) is 20.8 Å². The van der Waals surface area contributed by atoms with Crippen molar-refractivity contribution in [2.75, 3.05) is 13.7 Å². The average Bonchev–Trinajstić information content (AvgIpc) is 2.53. The number of fused-ring (bicyclic) bond motifs is 1. The molecule has 25 heavy (non-hydrogen) atoms. The minimum absolute atomic E-state index is 0.0499. The normalized spacial score (nSPS) is 11.2. The number of carbonyl (C=O) groups excluding carboxylic acids is 2. The average molecular weight is 346 g/mol. The largest absolute Gasteiger partial charge is 0.506 e. The summed E-state index contributed by atoms with van der Waals surface area (Å²) >= 11 is 0. The van der Waals surface area contributed by atoms with Crippen LogP contribution in [-0.4, -0.2) is 46.3 Å². The molecule has 0 aliphatic rings. The molecule has 0 radical (unpaired) electrons. The van der Waals surface area contributed by atoms with Gasteiger partial charge in [-0.3, -0.25) is 9.69 Å². The third kappa shape index (κ3) is 5.07. The molecular formula is C18H22N2O5. The number of ether oxygens (including phenoxy) is 2. The van der Waals surface area contributed by atoms with Crippen LogP contribution in [0.15, 0.2) is 30.3 Å². The lowest BCUT2D eigenvalue weighted by Crippen LogP contribution is -2.39. The van der Waals surface area contributed by atoms with Gasteiger partial charge in [-0.25, -0.2) is 9.78 Å². The molecule has 1 amide bonds. The number of pyridine rings is 1. The first-order valence-corrected chi connectivity index (χ1v) is 7.82. The second kappa shape index (κ2) is 7.38. The van der Waals surface area contributed by atoms with Crippen molar-refractivity contribution in [2.24, 2.45) is 0 Å². The number of esters is 1. The number of amides is 1. The van der Waals surface area contributed by atoms with Gasteiger partial charge in [-0.15, -0.1) is 0 Å². The van der Waals surface area contributed by atoms with Gasteiger partial charge in [-0.05, 0) is 32.9 Å². The zero-order chi connectivity index (χ0) is 18.6. The van der Waals surface area contributed by atoms with Gasteiger partial charge < -0.3 is 14.6 Å². The number of para-hydroxylation sites is 1. The van der Waals surface area contributed by atoms with Crippen LogP contribution in [0.5, 0.6) is 5.75 Å². The van der Waals surface area contributed by atoms with E-state index in [-0.39, 0.29) is 18.8 Å². The van der Waals surface area contributed by atoms with Crippen LogP contribution >= 0.6 is 0 Å². The third-order valence-electron chi connectivity index (χ3n) is 3.31. The number of phenolic OH excluding ortho intramolecular Hbond substituents is 1. The van der Waals surface area contributed by atoms with Crippen molar-refractivity contribution in [3.8, 4) is 5.75 Å². The Morgan fingerprint density at radius 3 is 2.56 bits per heavy atom. The van der Waals surface area contributed by atoms with E-state index in [1.54, 1.807) is 45.0 Å². The molecule has 2 aromatic rings. The molecule has 0 fully saturated rings. The fraction of sp³-hybridized carbons (Fsp3) is 0.389. The van der Waals surface area contributed by atoms with E-state index in [1.807, 2.05) is 6.07 Å². The Labute approximate surface area is 146 Å². The molecular weight excluding hydrogens is 324 g/mol. The van der Waals surface area contributed by atoms with Crippen molar-refractivity contribution in [1.82, 2.24) is 9.88 Å². The van der Waals surface area contributed by atoms with Gasteiger partial charge in [0.05, 0.1) is 19.3 Å². The summed E-state index contributed by atoms with van der Waals surface area (Å²) in [5.74, 6) is -0.509. The second-order valence-corrected chi connectivity index (χ2v) is 6.56. The summed E-state index contributed by atoms with van der Waals surface area (Å²) in [6.45, 7) is 5.02. The third-order valence-corrected chi connectivity index (χ3v) is 3.31. The Morgan fingerprint density at radius 1 is 1.20 bits per heavy atom. The Morgan fingerprint density at radius 2 is 1.92 bits per heavy atom. The number of nitrogens with zero attached hydrogens (tertiary/aromatic N) is 2. The van der Waals surface area contributed by atoms with Gasteiger partial charge in [-0.1, -0.05) is 18.2 Å². The first kappa shape index (κ1) is 18.5. The van der Waals surface area contributed by atoms with Gasteiger partial charge in [0.15, 0.2) is 0 Å². The van der Waals surface area contributed by atoms with Gasteiger partial charge in [-0.2, -0.15) is 0 Å². The van der Waals surface area contributed by atoms with E-state index in [0.29, 0.717) is 11.2 Å². The molecule has 0 spiro atoms. The standard InChI is InChI=1S/C18H22N2O5/c1-18(2,3)25-17(23)20(11-15(22)24-4)10-13-9-8-12-6-5-7-14(21)16(12)19-13/h5-9,21H,10-11H2,1-4H3. The van der Waals surface area contributed by atoms with E-state index in [0.717, 1.165) is 5.39 Å². The van der Waals surface area contributed by atoms with Crippen LogP contribution in [0, 0.1) is 0 Å². The van der Waals surface area contributed by atoms with E-state index in [4.69, 9.17) is 4.74 Å².